The fourth-order valence-electron chi connectivity index (χ4n) is 6.06. The lowest BCUT2D eigenvalue weighted by atomic mass is 9.98. The lowest BCUT2D eigenvalue weighted by Crippen LogP contribution is -1.98. The van der Waals surface area contributed by atoms with Gasteiger partial charge in [-0.3, -0.25) is 4.57 Å². The zero-order chi connectivity index (χ0) is 25.5. The van der Waals surface area contributed by atoms with Crippen LogP contribution in [-0.4, -0.2) is 14.5 Å². The van der Waals surface area contributed by atoms with Crippen molar-refractivity contribution in [2.75, 3.05) is 0 Å². The van der Waals surface area contributed by atoms with Gasteiger partial charge < -0.3 is 4.42 Å². The minimum Gasteiger partial charge on any atom is -0.456 e. The first-order valence-corrected chi connectivity index (χ1v) is 13.7. The summed E-state index contributed by atoms with van der Waals surface area (Å²) in [5.74, 6) is 0.920. The van der Waals surface area contributed by atoms with E-state index >= 15 is 0 Å². The first kappa shape index (κ1) is 21.0. The minimum atomic E-state index is 0.903. The van der Waals surface area contributed by atoms with Crippen LogP contribution in [-0.2, 0) is 0 Å². The predicted molar refractivity (Wildman–Crippen MR) is 162 cm³/mol. The van der Waals surface area contributed by atoms with E-state index in [1.807, 2.05) is 18.2 Å². The Kier molecular flexibility index (Phi) is 4.18. The summed E-state index contributed by atoms with van der Waals surface area (Å²) in [6.45, 7) is 0. The summed E-state index contributed by atoms with van der Waals surface area (Å²) in [5.41, 5.74) is 7.40. The Morgan fingerprint density at radius 1 is 0.615 bits per heavy atom. The standard InChI is InChI=1S/C34H19N3OS/c1-4-12-26-22(8-1)23-9-2-5-13-27(23)37(26)34-33-32(35-19-36-34)25-18-20(16-17-30(25)39-33)21-11-7-15-29-31(21)24-10-3-6-14-28(24)38-29/h1-19H. The Labute approximate surface area is 226 Å². The minimum absolute atomic E-state index is 0.903. The summed E-state index contributed by atoms with van der Waals surface area (Å²) in [6, 6.07) is 38.3. The summed E-state index contributed by atoms with van der Waals surface area (Å²) in [6.07, 6.45) is 1.70. The van der Waals surface area contributed by atoms with E-state index in [0.29, 0.717) is 0 Å². The molecule has 0 saturated heterocycles. The maximum atomic E-state index is 6.16. The third kappa shape index (κ3) is 2.88. The zero-order valence-electron chi connectivity index (χ0n) is 20.6. The third-order valence-electron chi connectivity index (χ3n) is 7.74. The highest BCUT2D eigenvalue weighted by Gasteiger charge is 2.19. The van der Waals surface area contributed by atoms with E-state index in [9.17, 15) is 0 Å². The summed E-state index contributed by atoms with van der Waals surface area (Å²) in [7, 11) is 0. The summed E-state index contributed by atoms with van der Waals surface area (Å²) >= 11 is 1.75. The van der Waals surface area contributed by atoms with Crippen LogP contribution in [0, 0.1) is 0 Å². The lowest BCUT2D eigenvalue weighted by molar-refractivity contribution is 0.669. The molecule has 5 heteroatoms. The number of hydrogen-bond donors (Lipinski definition) is 0. The molecule has 0 aliphatic rings. The molecule has 0 amide bonds. The van der Waals surface area contributed by atoms with E-state index in [0.717, 1.165) is 65.5 Å². The van der Waals surface area contributed by atoms with Crippen molar-refractivity contribution in [2.45, 2.75) is 0 Å². The van der Waals surface area contributed by atoms with Gasteiger partial charge in [-0.15, -0.1) is 11.3 Å². The van der Waals surface area contributed by atoms with E-state index in [1.54, 1.807) is 17.7 Å². The van der Waals surface area contributed by atoms with Gasteiger partial charge in [0.25, 0.3) is 0 Å². The average Bonchev–Trinajstić information content (AvgIpc) is 3.66. The van der Waals surface area contributed by atoms with Crippen molar-refractivity contribution in [3.63, 3.8) is 0 Å². The van der Waals surface area contributed by atoms with E-state index in [-0.39, 0.29) is 0 Å². The van der Waals surface area contributed by atoms with Gasteiger partial charge in [0.05, 0.1) is 21.3 Å². The molecule has 0 aliphatic carbocycles. The molecule has 0 fully saturated rings. The van der Waals surface area contributed by atoms with E-state index in [1.165, 1.54) is 15.5 Å². The molecular formula is C34H19N3OS. The average molecular weight is 518 g/mol. The van der Waals surface area contributed by atoms with Crippen LogP contribution in [0.15, 0.2) is 120 Å². The third-order valence-corrected chi connectivity index (χ3v) is 8.89. The van der Waals surface area contributed by atoms with E-state index in [4.69, 9.17) is 14.4 Å². The van der Waals surface area contributed by atoms with Crippen molar-refractivity contribution in [1.29, 1.82) is 0 Å². The molecule has 9 rings (SSSR count). The lowest BCUT2D eigenvalue weighted by Gasteiger charge is -2.07. The number of rotatable bonds is 2. The Morgan fingerprint density at radius 2 is 1.33 bits per heavy atom. The highest BCUT2D eigenvalue weighted by Crippen LogP contribution is 2.42. The Bertz CT molecular complexity index is 2360. The maximum absolute atomic E-state index is 6.16. The van der Waals surface area contributed by atoms with Crippen LogP contribution >= 0.6 is 11.3 Å². The second-order valence-corrected chi connectivity index (χ2v) is 10.9. The first-order valence-electron chi connectivity index (χ1n) is 12.9. The normalized spacial score (nSPS) is 12.1. The largest absolute Gasteiger partial charge is 0.456 e. The highest BCUT2D eigenvalue weighted by atomic mass is 32.1. The predicted octanol–water partition coefficient (Wildman–Crippen LogP) is 9.51. The van der Waals surface area contributed by atoms with Gasteiger partial charge in [-0.2, -0.15) is 0 Å². The number of benzene rings is 5. The monoisotopic (exact) mass is 517 g/mol. The zero-order valence-corrected chi connectivity index (χ0v) is 21.4. The summed E-state index contributed by atoms with van der Waals surface area (Å²) in [4.78, 5) is 9.65. The van der Waals surface area contributed by atoms with Gasteiger partial charge in [-0.25, -0.2) is 9.97 Å². The van der Waals surface area contributed by atoms with Gasteiger partial charge in [0.1, 0.15) is 17.5 Å². The van der Waals surface area contributed by atoms with Crippen LogP contribution in [0.4, 0.5) is 0 Å². The molecule has 39 heavy (non-hydrogen) atoms. The van der Waals surface area contributed by atoms with Crippen molar-refractivity contribution in [3.05, 3.63) is 116 Å². The van der Waals surface area contributed by atoms with Crippen molar-refractivity contribution < 1.29 is 4.42 Å². The molecule has 9 aromatic rings. The molecule has 0 radical (unpaired) electrons. The molecule has 4 heterocycles. The van der Waals surface area contributed by atoms with Gasteiger partial charge in [-0.05, 0) is 47.5 Å². The molecule has 0 bridgehead atoms. The van der Waals surface area contributed by atoms with Gasteiger partial charge in [0, 0.05) is 31.6 Å². The van der Waals surface area contributed by atoms with Crippen LogP contribution in [0.3, 0.4) is 0 Å². The second-order valence-electron chi connectivity index (χ2n) is 9.83. The van der Waals surface area contributed by atoms with Crippen LogP contribution in [0.5, 0.6) is 0 Å². The molecule has 0 spiro atoms. The van der Waals surface area contributed by atoms with Gasteiger partial charge in [0.15, 0.2) is 5.82 Å². The van der Waals surface area contributed by atoms with Gasteiger partial charge >= 0.3 is 0 Å². The van der Waals surface area contributed by atoms with Crippen LogP contribution in [0.25, 0.3) is 81.0 Å². The smallest absolute Gasteiger partial charge is 0.159 e. The number of nitrogens with zero attached hydrogens (tertiary/aromatic N) is 3. The summed E-state index contributed by atoms with van der Waals surface area (Å²) < 4.78 is 10.7. The molecular weight excluding hydrogens is 498 g/mol. The number of fused-ring (bicyclic) bond motifs is 9. The molecule has 0 aliphatic heterocycles. The molecule has 0 atom stereocenters. The number of para-hydroxylation sites is 3. The van der Waals surface area contributed by atoms with Crippen LogP contribution in [0.2, 0.25) is 0 Å². The molecule has 4 nitrogen and oxygen atoms in total. The van der Waals surface area contributed by atoms with E-state index < -0.39 is 0 Å². The Morgan fingerprint density at radius 3 is 2.15 bits per heavy atom. The topological polar surface area (TPSA) is 43.9 Å². The highest BCUT2D eigenvalue weighted by molar-refractivity contribution is 7.26. The van der Waals surface area contributed by atoms with Crippen molar-refractivity contribution >= 4 is 75.4 Å². The van der Waals surface area contributed by atoms with Gasteiger partial charge in [-0.1, -0.05) is 72.8 Å². The fourth-order valence-corrected chi connectivity index (χ4v) is 7.17. The Hall–Kier alpha value is -5.00. The molecule has 0 N–H and O–H groups in total. The quantitative estimate of drug-likeness (QED) is 0.229. The number of furan rings is 1. The number of hydrogen-bond acceptors (Lipinski definition) is 4. The second kappa shape index (κ2) is 7.76. The number of thiophene rings is 1. The molecule has 182 valence electrons. The fraction of sp³-hybridized carbons (Fsp3) is 0. The van der Waals surface area contributed by atoms with Crippen molar-refractivity contribution in [2.24, 2.45) is 0 Å². The molecule has 0 unspecified atom stereocenters. The van der Waals surface area contributed by atoms with Crippen molar-refractivity contribution in [1.82, 2.24) is 14.5 Å². The van der Waals surface area contributed by atoms with Crippen LogP contribution in [0.1, 0.15) is 0 Å². The van der Waals surface area contributed by atoms with E-state index in [2.05, 4.69) is 95.6 Å². The maximum Gasteiger partial charge on any atom is 0.159 e. The van der Waals surface area contributed by atoms with Crippen molar-refractivity contribution in [3.8, 4) is 16.9 Å². The van der Waals surface area contributed by atoms with Gasteiger partial charge in [0.2, 0.25) is 0 Å². The molecule has 0 saturated carbocycles. The SMILES string of the molecule is c1ccc2c(c1)oc1cccc(-c3ccc4sc5c(-n6c7ccccc7c7ccccc76)ncnc5c4c3)c12. The first-order chi connectivity index (χ1) is 19.3. The summed E-state index contributed by atoms with van der Waals surface area (Å²) in [5, 5.41) is 5.87. The molecule has 4 aromatic heterocycles. The number of aromatic nitrogens is 3. The van der Waals surface area contributed by atoms with Crippen LogP contribution < -0.4 is 0 Å². The Balaban J connectivity index is 1.32. The molecule has 5 aromatic carbocycles.